The van der Waals surface area contributed by atoms with Crippen LogP contribution in [0, 0.1) is 29.2 Å². The molecular formula is C31H32F4O2. The number of aliphatic hydroxyl groups is 1. The number of ether oxygens (including phenoxy) is 1. The molecule has 0 radical (unpaired) electrons. The molecule has 1 unspecified atom stereocenters. The van der Waals surface area contributed by atoms with Gasteiger partial charge >= 0.3 is 0 Å². The van der Waals surface area contributed by atoms with Gasteiger partial charge in [0.05, 0.1) is 6.10 Å². The topological polar surface area (TPSA) is 29.5 Å². The Kier molecular flexibility index (Phi) is 8.70. The number of aryl methyl sites for hydroxylation is 1. The maximum Gasteiger partial charge on any atom is 0.200 e. The highest BCUT2D eigenvalue weighted by atomic mass is 19.2. The van der Waals surface area contributed by atoms with Crippen molar-refractivity contribution in [1.29, 1.82) is 0 Å². The van der Waals surface area contributed by atoms with Crippen LogP contribution in [0.5, 0.6) is 5.75 Å². The molecule has 1 atom stereocenters. The molecule has 0 amide bonds. The maximum atomic E-state index is 15.1. The lowest BCUT2D eigenvalue weighted by atomic mass is 9.76. The summed E-state index contributed by atoms with van der Waals surface area (Å²) in [5.41, 5.74) is 2.17. The SMILES string of the molecule is C=CCOc1ccc(CCC2CCC(c3ccc(-c4ccc(C(C)O)cc4)c(F)c3F)CC2)c(F)c1F. The van der Waals surface area contributed by atoms with Gasteiger partial charge in [-0.2, -0.15) is 4.39 Å². The number of rotatable bonds is 9. The van der Waals surface area contributed by atoms with Crippen molar-refractivity contribution in [2.24, 2.45) is 5.92 Å². The Morgan fingerprint density at radius 3 is 2.24 bits per heavy atom. The van der Waals surface area contributed by atoms with E-state index in [1.165, 1.54) is 12.1 Å². The van der Waals surface area contributed by atoms with E-state index in [0.717, 1.165) is 12.8 Å². The largest absolute Gasteiger partial charge is 0.486 e. The molecule has 1 saturated carbocycles. The monoisotopic (exact) mass is 512 g/mol. The molecule has 1 N–H and O–H groups in total. The highest BCUT2D eigenvalue weighted by Crippen LogP contribution is 2.40. The van der Waals surface area contributed by atoms with Gasteiger partial charge < -0.3 is 9.84 Å². The Morgan fingerprint density at radius 2 is 1.59 bits per heavy atom. The summed E-state index contributed by atoms with van der Waals surface area (Å²) < 4.78 is 63.9. The third-order valence-corrected chi connectivity index (χ3v) is 7.41. The van der Waals surface area contributed by atoms with Crippen LogP contribution in [0.4, 0.5) is 17.6 Å². The van der Waals surface area contributed by atoms with Gasteiger partial charge in [-0.15, -0.1) is 0 Å². The van der Waals surface area contributed by atoms with Crippen LogP contribution in [0.2, 0.25) is 0 Å². The van der Waals surface area contributed by atoms with Gasteiger partial charge in [0.15, 0.2) is 23.2 Å². The minimum atomic E-state index is -0.983. The molecule has 0 heterocycles. The fraction of sp³-hybridized carbons (Fsp3) is 0.355. The molecular weight excluding hydrogens is 480 g/mol. The van der Waals surface area contributed by atoms with Crippen LogP contribution in [0.25, 0.3) is 11.1 Å². The van der Waals surface area contributed by atoms with E-state index < -0.39 is 29.4 Å². The summed E-state index contributed by atoms with van der Waals surface area (Å²) in [7, 11) is 0. The minimum Gasteiger partial charge on any atom is -0.486 e. The first kappa shape index (κ1) is 26.9. The van der Waals surface area contributed by atoms with Crippen LogP contribution in [0.3, 0.4) is 0 Å². The molecule has 0 aromatic heterocycles. The molecule has 1 fully saturated rings. The van der Waals surface area contributed by atoms with E-state index in [1.54, 1.807) is 49.4 Å². The second kappa shape index (κ2) is 12.0. The highest BCUT2D eigenvalue weighted by molar-refractivity contribution is 5.65. The van der Waals surface area contributed by atoms with E-state index in [0.29, 0.717) is 53.9 Å². The van der Waals surface area contributed by atoms with Crippen molar-refractivity contribution in [2.45, 2.75) is 57.5 Å². The summed E-state index contributed by atoms with van der Waals surface area (Å²) in [5.74, 6) is -3.42. The Hall–Kier alpha value is -3.12. The number of halogens is 4. The summed E-state index contributed by atoms with van der Waals surface area (Å²) in [6.45, 7) is 5.24. The Bertz CT molecular complexity index is 1230. The number of aliphatic hydroxyl groups excluding tert-OH is 1. The molecule has 0 aliphatic heterocycles. The standard InChI is InChI=1S/C31H32F4O2/c1-3-18-37-27-17-14-24(28(32)31(27)35)9-6-20-4-7-22(8-5-20)25-15-16-26(30(34)29(25)33)23-12-10-21(11-13-23)19(2)36/h3,10-17,19-20,22,36H,1,4-9,18H2,2H3. The van der Waals surface area contributed by atoms with Crippen LogP contribution < -0.4 is 4.74 Å². The van der Waals surface area contributed by atoms with Crippen LogP contribution in [-0.2, 0) is 6.42 Å². The average molecular weight is 513 g/mol. The summed E-state index contributed by atoms with van der Waals surface area (Å²) in [6, 6.07) is 13.1. The molecule has 1 aliphatic carbocycles. The Morgan fingerprint density at radius 1 is 0.892 bits per heavy atom. The summed E-state index contributed by atoms with van der Waals surface area (Å²) >= 11 is 0. The van der Waals surface area contributed by atoms with Gasteiger partial charge in [0, 0.05) is 5.56 Å². The van der Waals surface area contributed by atoms with Crippen molar-refractivity contribution in [3.05, 3.63) is 101 Å². The Balaban J connectivity index is 1.36. The third kappa shape index (κ3) is 6.07. The summed E-state index contributed by atoms with van der Waals surface area (Å²) in [4.78, 5) is 0. The third-order valence-electron chi connectivity index (χ3n) is 7.41. The van der Waals surface area contributed by atoms with Crippen molar-refractivity contribution in [3.8, 4) is 16.9 Å². The van der Waals surface area contributed by atoms with E-state index in [9.17, 15) is 13.9 Å². The zero-order chi connectivity index (χ0) is 26.5. The van der Waals surface area contributed by atoms with Crippen molar-refractivity contribution < 1.29 is 27.4 Å². The molecule has 1 aliphatic rings. The fourth-order valence-electron chi connectivity index (χ4n) is 5.19. The van der Waals surface area contributed by atoms with Crippen LogP contribution in [-0.4, -0.2) is 11.7 Å². The van der Waals surface area contributed by atoms with E-state index in [4.69, 9.17) is 4.74 Å². The first-order valence-corrected chi connectivity index (χ1v) is 12.8. The molecule has 196 valence electrons. The van der Waals surface area contributed by atoms with Gasteiger partial charge in [-0.3, -0.25) is 0 Å². The van der Waals surface area contributed by atoms with Crippen LogP contribution in [0.15, 0.2) is 61.2 Å². The summed E-state index contributed by atoms with van der Waals surface area (Å²) in [5, 5.41) is 9.66. The predicted molar refractivity (Wildman–Crippen MR) is 137 cm³/mol. The molecule has 4 rings (SSSR count). The fourth-order valence-corrected chi connectivity index (χ4v) is 5.19. The van der Waals surface area contributed by atoms with Gasteiger partial charge in [-0.25, -0.2) is 13.2 Å². The van der Waals surface area contributed by atoms with Gasteiger partial charge in [0.1, 0.15) is 6.61 Å². The van der Waals surface area contributed by atoms with Crippen molar-refractivity contribution in [3.63, 3.8) is 0 Å². The van der Waals surface area contributed by atoms with Crippen LogP contribution in [0.1, 0.15) is 67.7 Å². The lowest BCUT2D eigenvalue weighted by Crippen LogP contribution is -2.16. The van der Waals surface area contributed by atoms with Crippen molar-refractivity contribution >= 4 is 0 Å². The van der Waals surface area contributed by atoms with Crippen molar-refractivity contribution in [1.82, 2.24) is 0 Å². The van der Waals surface area contributed by atoms with E-state index in [-0.39, 0.29) is 23.8 Å². The van der Waals surface area contributed by atoms with Gasteiger partial charge in [-0.1, -0.05) is 55.1 Å². The second-order valence-corrected chi connectivity index (χ2v) is 9.84. The first-order chi connectivity index (χ1) is 17.8. The van der Waals surface area contributed by atoms with E-state index >= 15 is 8.78 Å². The predicted octanol–water partition coefficient (Wildman–Crippen LogP) is 8.43. The van der Waals surface area contributed by atoms with Gasteiger partial charge in [0.2, 0.25) is 5.82 Å². The molecule has 2 nitrogen and oxygen atoms in total. The minimum absolute atomic E-state index is 0.0760. The first-order valence-electron chi connectivity index (χ1n) is 12.8. The number of hydrogen-bond donors (Lipinski definition) is 1. The lowest BCUT2D eigenvalue weighted by Gasteiger charge is -2.29. The zero-order valence-corrected chi connectivity index (χ0v) is 21.0. The molecule has 0 saturated heterocycles. The zero-order valence-electron chi connectivity index (χ0n) is 21.0. The molecule has 6 heteroatoms. The van der Waals surface area contributed by atoms with E-state index in [1.807, 2.05) is 0 Å². The summed E-state index contributed by atoms with van der Waals surface area (Å²) in [6.07, 6.45) is 5.02. The molecule has 3 aromatic rings. The molecule has 0 spiro atoms. The molecule has 37 heavy (non-hydrogen) atoms. The number of hydrogen-bond acceptors (Lipinski definition) is 2. The average Bonchev–Trinajstić information content (AvgIpc) is 2.91. The quantitative estimate of drug-likeness (QED) is 0.230. The van der Waals surface area contributed by atoms with Crippen LogP contribution >= 0.6 is 0 Å². The smallest absolute Gasteiger partial charge is 0.200 e. The van der Waals surface area contributed by atoms with E-state index in [2.05, 4.69) is 6.58 Å². The van der Waals surface area contributed by atoms with Crippen molar-refractivity contribution in [2.75, 3.05) is 6.61 Å². The molecule has 0 bridgehead atoms. The second-order valence-electron chi connectivity index (χ2n) is 9.84. The Labute approximate surface area is 215 Å². The van der Waals surface area contributed by atoms with Gasteiger partial charge in [-0.05, 0) is 85.6 Å². The normalized spacial score (nSPS) is 18.4. The number of benzene rings is 3. The maximum absolute atomic E-state index is 15.1. The molecule has 3 aromatic carbocycles. The highest BCUT2D eigenvalue weighted by Gasteiger charge is 2.27. The van der Waals surface area contributed by atoms with Gasteiger partial charge in [0.25, 0.3) is 0 Å². The lowest BCUT2D eigenvalue weighted by molar-refractivity contribution is 0.199.